The third kappa shape index (κ3) is 2.86. The van der Waals surface area contributed by atoms with Crippen LogP contribution in [0.1, 0.15) is 0 Å². The van der Waals surface area contributed by atoms with Crippen molar-refractivity contribution in [1.82, 2.24) is 29.7 Å². The van der Waals surface area contributed by atoms with Crippen molar-refractivity contribution in [2.75, 3.05) is 36.0 Å². The van der Waals surface area contributed by atoms with Gasteiger partial charge in [0, 0.05) is 38.6 Å². The summed E-state index contributed by atoms with van der Waals surface area (Å²) in [5.41, 5.74) is 1.24. The maximum absolute atomic E-state index is 12.6. The van der Waals surface area contributed by atoms with Gasteiger partial charge in [-0.15, -0.1) is 0 Å². The number of aromatic nitrogens is 6. The van der Waals surface area contributed by atoms with Crippen molar-refractivity contribution in [3.05, 3.63) is 65.5 Å². The molecule has 9 nitrogen and oxygen atoms in total. The first-order valence-corrected chi connectivity index (χ1v) is 9.09. The van der Waals surface area contributed by atoms with E-state index in [-0.39, 0.29) is 5.56 Å². The first-order valence-electron chi connectivity index (χ1n) is 9.09. The fourth-order valence-corrected chi connectivity index (χ4v) is 3.42. The number of rotatable bonds is 3. The number of H-pyrrole nitrogens is 1. The highest BCUT2D eigenvalue weighted by Gasteiger charge is 2.21. The Morgan fingerprint density at radius 2 is 1.71 bits per heavy atom. The maximum atomic E-state index is 12.6. The summed E-state index contributed by atoms with van der Waals surface area (Å²) in [7, 11) is 0. The van der Waals surface area contributed by atoms with Crippen LogP contribution in [-0.4, -0.2) is 55.9 Å². The van der Waals surface area contributed by atoms with Gasteiger partial charge in [-0.1, -0.05) is 18.2 Å². The topological polar surface area (TPSA) is 95.8 Å². The minimum Gasteiger partial charge on any atom is -0.352 e. The number of hydrogen-bond acceptors (Lipinski definition) is 7. The van der Waals surface area contributed by atoms with E-state index in [1.165, 1.54) is 0 Å². The van der Waals surface area contributed by atoms with Gasteiger partial charge in [-0.05, 0) is 12.1 Å². The zero-order valence-electron chi connectivity index (χ0n) is 15.1. The third-order valence-corrected chi connectivity index (χ3v) is 4.88. The minimum absolute atomic E-state index is 0.182. The van der Waals surface area contributed by atoms with Crippen LogP contribution in [0.3, 0.4) is 0 Å². The molecule has 4 aromatic rings. The number of benzene rings is 1. The van der Waals surface area contributed by atoms with Gasteiger partial charge in [0.15, 0.2) is 5.65 Å². The largest absolute Gasteiger partial charge is 0.352 e. The van der Waals surface area contributed by atoms with Crippen LogP contribution in [0.15, 0.2) is 59.9 Å². The summed E-state index contributed by atoms with van der Waals surface area (Å²) in [6.07, 6.45) is 6.68. The van der Waals surface area contributed by atoms with Crippen LogP contribution in [0, 0.1) is 0 Å². The first kappa shape index (κ1) is 16.4. The molecule has 28 heavy (non-hydrogen) atoms. The lowest BCUT2D eigenvalue weighted by atomic mass is 10.3. The monoisotopic (exact) mass is 374 g/mol. The zero-order valence-corrected chi connectivity index (χ0v) is 15.1. The fraction of sp³-hybridized carbons (Fsp3) is 0.211. The molecule has 1 aliphatic heterocycles. The van der Waals surface area contributed by atoms with Crippen LogP contribution in [0.5, 0.6) is 0 Å². The number of para-hydroxylation sites is 1. The van der Waals surface area contributed by atoms with E-state index in [1.54, 1.807) is 29.5 Å². The van der Waals surface area contributed by atoms with Crippen LogP contribution in [0.4, 0.5) is 11.8 Å². The molecule has 4 heterocycles. The molecule has 0 radical (unpaired) electrons. The summed E-state index contributed by atoms with van der Waals surface area (Å²) >= 11 is 0. The van der Waals surface area contributed by atoms with Gasteiger partial charge in [0.25, 0.3) is 5.56 Å². The predicted molar refractivity (Wildman–Crippen MR) is 106 cm³/mol. The molecule has 1 aliphatic rings. The SMILES string of the molecule is O=c1[nH]c(N2CCN(c3cnccn3)CC2)nc2c1cnn2-c1ccccc1. The van der Waals surface area contributed by atoms with Gasteiger partial charge in [-0.25, -0.2) is 9.67 Å². The molecular formula is C19H18N8O. The van der Waals surface area contributed by atoms with E-state index in [1.807, 2.05) is 30.3 Å². The Balaban J connectivity index is 1.45. The van der Waals surface area contributed by atoms with Crippen molar-refractivity contribution in [2.45, 2.75) is 0 Å². The molecule has 1 fully saturated rings. The summed E-state index contributed by atoms with van der Waals surface area (Å²) in [4.78, 5) is 32.9. The molecule has 0 saturated carbocycles. The average molecular weight is 374 g/mol. The van der Waals surface area contributed by atoms with Gasteiger partial charge in [0.1, 0.15) is 11.2 Å². The second-order valence-corrected chi connectivity index (χ2v) is 6.56. The Morgan fingerprint density at radius 1 is 0.929 bits per heavy atom. The smallest absolute Gasteiger partial charge is 0.263 e. The predicted octanol–water partition coefficient (Wildman–Crippen LogP) is 1.23. The molecular weight excluding hydrogens is 356 g/mol. The highest BCUT2D eigenvalue weighted by Crippen LogP contribution is 2.18. The standard InChI is InChI=1S/C19H18N8O/c28-18-15-12-22-27(14-4-2-1-3-5-14)17(15)23-19(24-18)26-10-8-25(9-11-26)16-13-20-6-7-21-16/h1-7,12-13H,8-11H2,(H,23,24,28). The molecule has 1 aromatic carbocycles. The molecule has 1 N–H and O–H groups in total. The molecule has 0 spiro atoms. The van der Waals surface area contributed by atoms with Crippen molar-refractivity contribution < 1.29 is 0 Å². The molecule has 0 bridgehead atoms. The van der Waals surface area contributed by atoms with E-state index in [2.05, 4.69) is 29.9 Å². The molecule has 1 saturated heterocycles. The van der Waals surface area contributed by atoms with Gasteiger partial charge < -0.3 is 9.80 Å². The third-order valence-electron chi connectivity index (χ3n) is 4.88. The van der Waals surface area contributed by atoms with E-state index in [4.69, 9.17) is 4.98 Å². The van der Waals surface area contributed by atoms with Gasteiger partial charge in [-0.2, -0.15) is 10.1 Å². The van der Waals surface area contributed by atoms with Crippen molar-refractivity contribution in [2.24, 2.45) is 0 Å². The molecule has 3 aromatic heterocycles. The normalized spacial score (nSPS) is 14.6. The Hall–Kier alpha value is -3.75. The Kier molecular flexibility index (Phi) is 3.97. The lowest BCUT2D eigenvalue weighted by Crippen LogP contribution is -2.47. The Morgan fingerprint density at radius 3 is 2.46 bits per heavy atom. The second kappa shape index (κ2) is 6.76. The second-order valence-electron chi connectivity index (χ2n) is 6.56. The zero-order chi connectivity index (χ0) is 18.9. The van der Waals surface area contributed by atoms with Crippen molar-refractivity contribution in [3.8, 4) is 5.69 Å². The van der Waals surface area contributed by atoms with Crippen LogP contribution >= 0.6 is 0 Å². The van der Waals surface area contributed by atoms with E-state index in [0.717, 1.165) is 37.7 Å². The fourth-order valence-electron chi connectivity index (χ4n) is 3.42. The minimum atomic E-state index is -0.182. The van der Waals surface area contributed by atoms with Crippen LogP contribution in [0.25, 0.3) is 16.7 Å². The quantitative estimate of drug-likeness (QED) is 0.576. The summed E-state index contributed by atoms with van der Waals surface area (Å²) in [5.74, 6) is 1.43. The lowest BCUT2D eigenvalue weighted by Gasteiger charge is -2.35. The van der Waals surface area contributed by atoms with E-state index in [9.17, 15) is 4.79 Å². The highest BCUT2D eigenvalue weighted by molar-refractivity contribution is 5.76. The molecule has 5 rings (SSSR count). The summed E-state index contributed by atoms with van der Waals surface area (Å²) in [5, 5.41) is 4.83. The molecule has 9 heteroatoms. The lowest BCUT2D eigenvalue weighted by molar-refractivity contribution is 0.633. The van der Waals surface area contributed by atoms with Crippen molar-refractivity contribution in [3.63, 3.8) is 0 Å². The number of hydrogen-bond donors (Lipinski definition) is 1. The summed E-state index contributed by atoms with van der Waals surface area (Å²) in [6.45, 7) is 3.01. The average Bonchev–Trinajstić information content (AvgIpc) is 3.20. The van der Waals surface area contributed by atoms with Crippen LogP contribution in [0.2, 0.25) is 0 Å². The van der Waals surface area contributed by atoms with Crippen molar-refractivity contribution in [1.29, 1.82) is 0 Å². The van der Waals surface area contributed by atoms with E-state index >= 15 is 0 Å². The van der Waals surface area contributed by atoms with Gasteiger partial charge >= 0.3 is 0 Å². The number of nitrogens with zero attached hydrogens (tertiary/aromatic N) is 7. The van der Waals surface area contributed by atoms with Crippen molar-refractivity contribution >= 4 is 22.8 Å². The first-order chi connectivity index (χ1) is 13.8. The Bertz CT molecular complexity index is 1150. The molecule has 0 unspecified atom stereocenters. The maximum Gasteiger partial charge on any atom is 0.263 e. The number of aromatic amines is 1. The highest BCUT2D eigenvalue weighted by atomic mass is 16.1. The molecule has 140 valence electrons. The van der Waals surface area contributed by atoms with Crippen LogP contribution < -0.4 is 15.4 Å². The van der Waals surface area contributed by atoms with Gasteiger partial charge in [-0.3, -0.25) is 14.8 Å². The number of nitrogens with one attached hydrogen (secondary N) is 1. The molecule has 0 aliphatic carbocycles. The van der Waals surface area contributed by atoms with Crippen LogP contribution in [-0.2, 0) is 0 Å². The molecule has 0 atom stereocenters. The van der Waals surface area contributed by atoms with Gasteiger partial charge in [0.2, 0.25) is 5.95 Å². The Labute approximate surface area is 160 Å². The van der Waals surface area contributed by atoms with Gasteiger partial charge in [0.05, 0.1) is 18.1 Å². The van der Waals surface area contributed by atoms with E-state index < -0.39 is 0 Å². The number of fused-ring (bicyclic) bond motifs is 1. The number of piperazine rings is 1. The van der Waals surface area contributed by atoms with E-state index in [0.29, 0.717) is 17.0 Å². The summed E-state index contributed by atoms with van der Waals surface area (Å²) in [6, 6.07) is 9.69. The molecule has 0 amide bonds. The summed E-state index contributed by atoms with van der Waals surface area (Å²) < 4.78 is 1.70. The number of anilines is 2.